The number of ether oxygens (including phenoxy) is 2. The molecule has 3 aromatic rings. The van der Waals surface area contributed by atoms with E-state index < -0.39 is 11.9 Å². The Hall–Kier alpha value is -4.05. The Labute approximate surface area is 241 Å². The summed E-state index contributed by atoms with van der Waals surface area (Å²) in [6, 6.07) is 24.1. The third kappa shape index (κ3) is 8.00. The van der Waals surface area contributed by atoms with Crippen LogP contribution in [0.2, 0.25) is 0 Å². The predicted molar refractivity (Wildman–Crippen MR) is 156 cm³/mol. The van der Waals surface area contributed by atoms with Gasteiger partial charge in [0.25, 0.3) is 0 Å². The highest BCUT2D eigenvalue weighted by Crippen LogP contribution is 2.29. The Morgan fingerprint density at radius 2 is 1.46 bits per heavy atom. The molecule has 0 saturated carbocycles. The van der Waals surface area contributed by atoms with Gasteiger partial charge in [0.15, 0.2) is 0 Å². The number of hydrogen-bond donors (Lipinski definition) is 2. The summed E-state index contributed by atoms with van der Waals surface area (Å²) in [5, 5.41) is 0. The quantitative estimate of drug-likeness (QED) is 0.327. The molecule has 0 aromatic heterocycles. The summed E-state index contributed by atoms with van der Waals surface area (Å²) in [5.41, 5.74) is 14.2. The molecular formula is C32H39N4O5+. The molecule has 1 aliphatic heterocycles. The summed E-state index contributed by atoms with van der Waals surface area (Å²) in [5.74, 6) is -0.0231. The molecule has 9 heteroatoms. The number of primary amides is 1. The van der Waals surface area contributed by atoms with Crippen molar-refractivity contribution in [2.75, 3.05) is 33.2 Å². The zero-order valence-corrected chi connectivity index (χ0v) is 23.5. The average molecular weight is 560 g/mol. The van der Waals surface area contributed by atoms with Crippen molar-refractivity contribution in [1.82, 2.24) is 4.90 Å². The van der Waals surface area contributed by atoms with E-state index in [0.29, 0.717) is 56.5 Å². The van der Waals surface area contributed by atoms with Gasteiger partial charge >= 0.3 is 11.8 Å². The Bertz CT molecular complexity index is 1320. The molecule has 9 nitrogen and oxygen atoms in total. The maximum atomic E-state index is 14.0. The van der Waals surface area contributed by atoms with E-state index in [1.807, 2.05) is 79.8 Å². The maximum absolute atomic E-state index is 14.0. The number of nitrogens with two attached hydrogens (primary N) is 2. The van der Waals surface area contributed by atoms with E-state index in [4.69, 9.17) is 20.9 Å². The van der Waals surface area contributed by atoms with Gasteiger partial charge in [-0.2, -0.15) is 4.48 Å². The minimum Gasteiger partial charge on any atom is -0.489 e. The van der Waals surface area contributed by atoms with E-state index in [9.17, 15) is 14.4 Å². The molecule has 1 saturated heterocycles. The number of hydrogen-bond acceptors (Lipinski definition) is 7. The first-order valence-electron chi connectivity index (χ1n) is 13.9. The molecule has 3 aromatic carbocycles. The van der Waals surface area contributed by atoms with Crippen LogP contribution in [-0.4, -0.2) is 66.4 Å². The van der Waals surface area contributed by atoms with Crippen LogP contribution >= 0.6 is 0 Å². The van der Waals surface area contributed by atoms with Crippen molar-refractivity contribution in [3.63, 3.8) is 0 Å². The number of amides is 3. The summed E-state index contributed by atoms with van der Waals surface area (Å²) in [4.78, 5) is 41.0. The molecule has 216 valence electrons. The van der Waals surface area contributed by atoms with Crippen LogP contribution in [0.5, 0.6) is 11.5 Å². The van der Waals surface area contributed by atoms with E-state index >= 15 is 0 Å². The maximum Gasteiger partial charge on any atom is 0.337 e. The van der Waals surface area contributed by atoms with Gasteiger partial charge in [0.1, 0.15) is 43.8 Å². The first kappa shape index (κ1) is 29.9. The topological polar surface area (TPSA) is 125 Å². The summed E-state index contributed by atoms with van der Waals surface area (Å²) < 4.78 is 11.9. The molecule has 41 heavy (non-hydrogen) atoms. The van der Waals surface area contributed by atoms with Crippen LogP contribution < -0.4 is 20.9 Å². The molecule has 0 unspecified atom stereocenters. The molecule has 1 heterocycles. The summed E-state index contributed by atoms with van der Waals surface area (Å²) in [7, 11) is 1.96. The fraction of sp³-hybridized carbons (Fsp3) is 0.344. The second-order valence-electron chi connectivity index (χ2n) is 10.6. The first-order valence-corrected chi connectivity index (χ1v) is 13.9. The van der Waals surface area contributed by atoms with Crippen molar-refractivity contribution in [1.29, 1.82) is 0 Å². The van der Waals surface area contributed by atoms with E-state index in [2.05, 4.69) is 4.90 Å². The van der Waals surface area contributed by atoms with Crippen LogP contribution in [0, 0.1) is 0 Å². The van der Waals surface area contributed by atoms with E-state index in [-0.39, 0.29) is 35.6 Å². The standard InChI is InChI=1S/C32H38N4O5/c1-35-16-18-36(19-17-35,32(39)28(33)14-15-30(34)37)31(38)20-26-12-13-27(40-22-24-8-4-2-5-9-24)21-29(26)41-23-25-10-6-3-7-11-25/h2-13,21,28H,14-20,22-23,33H2,1H3,(H-,34,37)/p+1/t28-/m0/s1. The summed E-state index contributed by atoms with van der Waals surface area (Å²) >= 11 is 0. The number of piperazine rings is 1. The largest absolute Gasteiger partial charge is 0.489 e. The smallest absolute Gasteiger partial charge is 0.337 e. The van der Waals surface area contributed by atoms with Crippen molar-refractivity contribution < 1.29 is 28.3 Å². The lowest BCUT2D eigenvalue weighted by Crippen LogP contribution is -2.68. The average Bonchev–Trinajstić information content (AvgIpc) is 2.99. The van der Waals surface area contributed by atoms with Crippen LogP contribution in [0.15, 0.2) is 78.9 Å². The minimum absolute atomic E-state index is 0.0110. The number of quaternary nitrogens is 1. The van der Waals surface area contributed by atoms with Gasteiger partial charge in [-0.3, -0.25) is 9.69 Å². The highest BCUT2D eigenvalue weighted by atomic mass is 16.5. The number of carbonyl (C=O) groups excluding carboxylic acids is 3. The lowest BCUT2D eigenvalue weighted by Gasteiger charge is -2.40. The molecule has 1 atom stereocenters. The zero-order valence-electron chi connectivity index (χ0n) is 23.5. The number of likely N-dealkylation sites (N-methyl/N-ethyl adjacent to an activating group) is 1. The lowest BCUT2D eigenvalue weighted by molar-refractivity contribution is -0.785. The van der Waals surface area contributed by atoms with E-state index in [0.717, 1.165) is 11.1 Å². The lowest BCUT2D eigenvalue weighted by atomic mass is 10.0. The highest BCUT2D eigenvalue weighted by molar-refractivity contribution is 5.89. The molecule has 3 amide bonds. The predicted octanol–water partition coefficient (Wildman–Crippen LogP) is 2.80. The summed E-state index contributed by atoms with van der Waals surface area (Å²) in [6.45, 7) is 2.48. The van der Waals surface area contributed by atoms with Crippen molar-refractivity contribution in [2.45, 2.75) is 38.5 Å². The van der Waals surface area contributed by atoms with Gasteiger partial charge in [-0.1, -0.05) is 66.7 Å². The van der Waals surface area contributed by atoms with Crippen LogP contribution in [-0.2, 0) is 34.0 Å². The normalized spacial score (nSPS) is 15.6. The molecule has 0 radical (unpaired) electrons. The third-order valence-corrected chi connectivity index (χ3v) is 7.51. The second-order valence-corrected chi connectivity index (χ2v) is 10.6. The Kier molecular flexibility index (Phi) is 10.2. The molecule has 1 fully saturated rings. The molecule has 1 aliphatic rings. The number of imide groups is 1. The molecule has 4 N–H and O–H groups in total. The van der Waals surface area contributed by atoms with Gasteiger partial charge in [-0.25, -0.2) is 9.59 Å². The highest BCUT2D eigenvalue weighted by Gasteiger charge is 2.48. The van der Waals surface area contributed by atoms with Gasteiger partial charge < -0.3 is 20.9 Å². The molecule has 0 bridgehead atoms. The zero-order chi connectivity index (χ0) is 29.2. The van der Waals surface area contributed by atoms with Crippen LogP contribution in [0.25, 0.3) is 0 Å². The van der Waals surface area contributed by atoms with Gasteiger partial charge in [0, 0.05) is 31.1 Å². The number of carbonyl (C=O) groups is 3. The Morgan fingerprint density at radius 1 is 0.878 bits per heavy atom. The number of benzene rings is 3. The monoisotopic (exact) mass is 559 g/mol. The number of rotatable bonds is 12. The van der Waals surface area contributed by atoms with Crippen molar-refractivity contribution in [2.24, 2.45) is 11.5 Å². The molecule has 4 rings (SSSR count). The van der Waals surface area contributed by atoms with Crippen LogP contribution in [0.4, 0.5) is 0 Å². The van der Waals surface area contributed by atoms with Gasteiger partial charge in [0.2, 0.25) is 5.91 Å². The van der Waals surface area contributed by atoms with Crippen molar-refractivity contribution in [3.8, 4) is 11.5 Å². The molecule has 0 aliphatic carbocycles. The SMILES string of the molecule is CN1CC[N+](C(=O)Cc2ccc(OCc3ccccc3)cc2OCc2ccccc2)(C(=O)[C@@H](N)CCC(N)=O)CC1. The fourth-order valence-electron chi connectivity index (χ4n) is 4.93. The van der Waals surface area contributed by atoms with Crippen LogP contribution in [0.1, 0.15) is 29.5 Å². The second kappa shape index (κ2) is 14.0. The molecular weight excluding hydrogens is 520 g/mol. The number of nitrogens with zero attached hydrogens (tertiary/aromatic N) is 2. The van der Waals surface area contributed by atoms with Gasteiger partial charge in [0.05, 0.1) is 6.42 Å². The van der Waals surface area contributed by atoms with Crippen LogP contribution in [0.3, 0.4) is 0 Å². The Morgan fingerprint density at radius 3 is 2.05 bits per heavy atom. The van der Waals surface area contributed by atoms with Crippen molar-refractivity contribution >= 4 is 17.7 Å². The third-order valence-electron chi connectivity index (χ3n) is 7.51. The fourth-order valence-corrected chi connectivity index (χ4v) is 4.93. The minimum atomic E-state index is -0.961. The summed E-state index contributed by atoms with van der Waals surface area (Å²) in [6.07, 6.45) is 0.0835. The van der Waals surface area contributed by atoms with Gasteiger partial charge in [-0.15, -0.1) is 0 Å². The first-order chi connectivity index (χ1) is 19.8. The van der Waals surface area contributed by atoms with E-state index in [1.54, 1.807) is 6.07 Å². The molecule has 0 spiro atoms. The van der Waals surface area contributed by atoms with Crippen molar-refractivity contribution in [3.05, 3.63) is 95.6 Å². The van der Waals surface area contributed by atoms with E-state index in [1.165, 1.54) is 0 Å². The Balaban J connectivity index is 1.57. The van der Waals surface area contributed by atoms with Gasteiger partial charge in [-0.05, 0) is 30.7 Å².